The highest BCUT2D eigenvalue weighted by molar-refractivity contribution is 7.15. The molecular formula is C20H26N2O3S. The highest BCUT2D eigenvalue weighted by Gasteiger charge is 2.45. The van der Waals surface area contributed by atoms with E-state index in [9.17, 15) is 15.0 Å². The number of aliphatic hydroxyl groups is 1. The number of carbonyl (C=O) groups is 1. The Balaban J connectivity index is 1.87. The molecule has 0 radical (unpaired) electrons. The summed E-state index contributed by atoms with van der Waals surface area (Å²) in [6.45, 7) is 4.01. The number of thiazole rings is 1. The average molecular weight is 375 g/mol. The Morgan fingerprint density at radius 1 is 1.31 bits per heavy atom. The van der Waals surface area contributed by atoms with Crippen LogP contribution in [0.3, 0.4) is 0 Å². The summed E-state index contributed by atoms with van der Waals surface area (Å²) >= 11 is 1.50. The van der Waals surface area contributed by atoms with Crippen LogP contribution in [0.1, 0.15) is 44.5 Å². The van der Waals surface area contributed by atoms with Gasteiger partial charge in [0, 0.05) is 11.9 Å². The number of rotatable bonds is 5. The molecule has 0 spiro atoms. The van der Waals surface area contributed by atoms with Gasteiger partial charge in [-0.1, -0.05) is 26.0 Å². The minimum atomic E-state index is -1.04. The Morgan fingerprint density at radius 2 is 2.00 bits per heavy atom. The number of benzene rings is 1. The summed E-state index contributed by atoms with van der Waals surface area (Å²) in [6, 6.07) is 7.65. The second-order valence-electron chi connectivity index (χ2n) is 7.52. The van der Waals surface area contributed by atoms with Crippen LogP contribution < -0.4 is 5.73 Å². The Morgan fingerprint density at radius 3 is 2.58 bits per heavy atom. The van der Waals surface area contributed by atoms with Crippen molar-refractivity contribution in [3.63, 3.8) is 0 Å². The molecule has 1 saturated carbocycles. The van der Waals surface area contributed by atoms with Gasteiger partial charge in [-0.05, 0) is 55.2 Å². The Hall–Kier alpha value is -1.92. The summed E-state index contributed by atoms with van der Waals surface area (Å²) < 4.78 is 0. The molecule has 4 N–H and O–H groups in total. The van der Waals surface area contributed by atoms with Crippen molar-refractivity contribution in [3.8, 4) is 10.4 Å². The summed E-state index contributed by atoms with van der Waals surface area (Å²) in [5, 5.41) is 21.5. The third-order valence-electron chi connectivity index (χ3n) is 5.60. The van der Waals surface area contributed by atoms with Crippen LogP contribution in [0.4, 0.5) is 5.69 Å². The van der Waals surface area contributed by atoms with Crippen LogP contribution in [0.2, 0.25) is 0 Å². The zero-order valence-corrected chi connectivity index (χ0v) is 16.0. The summed E-state index contributed by atoms with van der Waals surface area (Å²) in [6.07, 6.45) is 4.44. The van der Waals surface area contributed by atoms with Crippen molar-refractivity contribution in [1.82, 2.24) is 4.98 Å². The predicted octanol–water partition coefficient (Wildman–Crippen LogP) is 4.13. The molecule has 5 nitrogen and oxygen atoms in total. The second-order valence-corrected chi connectivity index (χ2v) is 8.55. The molecule has 1 aliphatic rings. The SMILES string of the molecule is CC(C)C(O)(c1ncc(-c2cccc(N)c2)s1)C1CCC(C(=O)O)CC1. The van der Waals surface area contributed by atoms with E-state index >= 15 is 0 Å². The van der Waals surface area contributed by atoms with Gasteiger partial charge in [-0.15, -0.1) is 11.3 Å². The van der Waals surface area contributed by atoms with E-state index in [1.54, 1.807) is 6.20 Å². The Kier molecular flexibility index (Phi) is 5.34. The normalized spacial score (nSPS) is 22.9. The molecule has 1 aromatic heterocycles. The van der Waals surface area contributed by atoms with Gasteiger partial charge in [0.25, 0.3) is 0 Å². The molecular weight excluding hydrogens is 348 g/mol. The maximum Gasteiger partial charge on any atom is 0.306 e. The van der Waals surface area contributed by atoms with Gasteiger partial charge in [-0.2, -0.15) is 0 Å². The summed E-state index contributed by atoms with van der Waals surface area (Å²) in [4.78, 5) is 16.8. The lowest BCUT2D eigenvalue weighted by Gasteiger charge is -2.41. The third kappa shape index (κ3) is 3.48. The van der Waals surface area contributed by atoms with Gasteiger partial charge in [-0.25, -0.2) is 4.98 Å². The minimum absolute atomic E-state index is 0.00581. The fourth-order valence-corrected chi connectivity index (χ4v) is 5.19. The fourth-order valence-electron chi connectivity index (χ4n) is 3.96. The zero-order chi connectivity index (χ0) is 18.9. The van der Waals surface area contributed by atoms with Gasteiger partial charge in [0.1, 0.15) is 10.6 Å². The third-order valence-corrected chi connectivity index (χ3v) is 6.79. The van der Waals surface area contributed by atoms with Crippen molar-refractivity contribution >= 4 is 23.0 Å². The van der Waals surface area contributed by atoms with Crippen LogP contribution in [-0.2, 0) is 10.4 Å². The summed E-state index contributed by atoms with van der Waals surface area (Å²) in [7, 11) is 0. The molecule has 140 valence electrons. The topological polar surface area (TPSA) is 96.4 Å². The molecule has 2 aromatic rings. The molecule has 0 saturated heterocycles. The lowest BCUT2D eigenvalue weighted by atomic mass is 9.69. The average Bonchev–Trinajstić information content (AvgIpc) is 3.11. The molecule has 1 atom stereocenters. The monoisotopic (exact) mass is 374 g/mol. The van der Waals surface area contributed by atoms with Crippen LogP contribution in [-0.4, -0.2) is 21.2 Å². The predicted molar refractivity (Wildman–Crippen MR) is 104 cm³/mol. The molecule has 0 bridgehead atoms. The smallest absolute Gasteiger partial charge is 0.306 e. The summed E-state index contributed by atoms with van der Waals surface area (Å²) in [5.74, 6) is -0.997. The number of nitrogen functional groups attached to an aromatic ring is 1. The molecule has 3 rings (SSSR count). The molecule has 6 heteroatoms. The first-order valence-corrected chi connectivity index (χ1v) is 9.91. The maximum atomic E-state index is 11.6. The Labute approximate surface area is 157 Å². The van der Waals surface area contributed by atoms with Crippen LogP contribution in [0.15, 0.2) is 30.5 Å². The molecule has 1 fully saturated rings. The number of nitrogens with zero attached hydrogens (tertiary/aromatic N) is 1. The largest absolute Gasteiger partial charge is 0.481 e. The molecule has 26 heavy (non-hydrogen) atoms. The summed E-state index contributed by atoms with van der Waals surface area (Å²) in [5.41, 5.74) is 6.54. The first-order valence-electron chi connectivity index (χ1n) is 9.09. The van der Waals surface area contributed by atoms with Gasteiger partial charge in [0.05, 0.1) is 10.8 Å². The van der Waals surface area contributed by atoms with Gasteiger partial charge >= 0.3 is 5.97 Å². The number of carboxylic acids is 1. The fraction of sp³-hybridized carbons (Fsp3) is 0.500. The van der Waals surface area contributed by atoms with Crippen molar-refractivity contribution in [1.29, 1.82) is 0 Å². The highest BCUT2D eigenvalue weighted by Crippen LogP contribution is 2.47. The molecule has 1 unspecified atom stereocenters. The van der Waals surface area contributed by atoms with Crippen LogP contribution >= 0.6 is 11.3 Å². The van der Waals surface area contributed by atoms with Crippen molar-refractivity contribution < 1.29 is 15.0 Å². The van der Waals surface area contributed by atoms with E-state index in [1.807, 2.05) is 38.1 Å². The van der Waals surface area contributed by atoms with E-state index in [4.69, 9.17) is 5.73 Å². The van der Waals surface area contributed by atoms with Gasteiger partial charge < -0.3 is 15.9 Å². The second kappa shape index (κ2) is 7.37. The number of hydrogen-bond donors (Lipinski definition) is 3. The number of nitrogens with two attached hydrogens (primary N) is 1. The quantitative estimate of drug-likeness (QED) is 0.684. The van der Waals surface area contributed by atoms with E-state index in [1.165, 1.54) is 11.3 Å². The van der Waals surface area contributed by atoms with Crippen molar-refractivity contribution in [3.05, 3.63) is 35.5 Å². The molecule has 0 aliphatic heterocycles. The van der Waals surface area contributed by atoms with E-state index in [2.05, 4.69) is 4.98 Å². The van der Waals surface area contributed by atoms with E-state index in [0.29, 0.717) is 36.4 Å². The van der Waals surface area contributed by atoms with E-state index < -0.39 is 11.6 Å². The lowest BCUT2D eigenvalue weighted by molar-refractivity contribution is -0.145. The number of aromatic nitrogens is 1. The highest BCUT2D eigenvalue weighted by atomic mass is 32.1. The van der Waals surface area contributed by atoms with Gasteiger partial charge in [-0.3, -0.25) is 4.79 Å². The van der Waals surface area contributed by atoms with Gasteiger partial charge in [0.15, 0.2) is 0 Å². The maximum absolute atomic E-state index is 11.6. The van der Waals surface area contributed by atoms with Crippen molar-refractivity contribution in [2.24, 2.45) is 17.8 Å². The van der Waals surface area contributed by atoms with Crippen molar-refractivity contribution in [2.75, 3.05) is 5.73 Å². The van der Waals surface area contributed by atoms with Crippen LogP contribution in [0.25, 0.3) is 10.4 Å². The molecule has 0 amide bonds. The number of anilines is 1. The minimum Gasteiger partial charge on any atom is -0.481 e. The van der Waals surface area contributed by atoms with Gasteiger partial charge in [0.2, 0.25) is 0 Å². The molecule has 1 heterocycles. The standard InChI is InChI=1S/C20H26N2O3S/c1-12(2)20(25,15-8-6-13(7-9-15)18(23)24)19-22-11-17(26-19)14-4-3-5-16(21)10-14/h3-5,10-13,15,25H,6-9,21H2,1-2H3,(H,23,24). The number of carboxylic acid groups (broad SMARTS) is 1. The van der Waals surface area contributed by atoms with Crippen LogP contribution in [0.5, 0.6) is 0 Å². The first-order chi connectivity index (χ1) is 12.3. The number of aliphatic carboxylic acids is 1. The lowest BCUT2D eigenvalue weighted by Crippen LogP contribution is -2.42. The first kappa shape index (κ1) is 18.9. The molecule has 1 aliphatic carbocycles. The van der Waals surface area contributed by atoms with E-state index in [0.717, 1.165) is 10.4 Å². The molecule has 1 aromatic carbocycles. The number of hydrogen-bond acceptors (Lipinski definition) is 5. The van der Waals surface area contributed by atoms with Crippen molar-refractivity contribution in [2.45, 2.75) is 45.1 Å². The zero-order valence-electron chi connectivity index (χ0n) is 15.2. The van der Waals surface area contributed by atoms with Crippen LogP contribution in [0, 0.1) is 17.8 Å². The Bertz CT molecular complexity index is 781. The van der Waals surface area contributed by atoms with E-state index in [-0.39, 0.29) is 17.8 Å².